The molecule has 1 atom stereocenters. The summed E-state index contributed by atoms with van der Waals surface area (Å²) in [6.07, 6.45) is 0.186. The molecule has 9 heteroatoms. The van der Waals surface area contributed by atoms with Crippen LogP contribution in [0.5, 0.6) is 11.6 Å². The maximum Gasteiger partial charge on any atom is 0.238 e. The van der Waals surface area contributed by atoms with Gasteiger partial charge in [-0.15, -0.1) is 10.2 Å². The van der Waals surface area contributed by atoms with Gasteiger partial charge >= 0.3 is 0 Å². The number of nitrogens with one attached hydrogen (secondary N) is 1. The van der Waals surface area contributed by atoms with E-state index >= 15 is 0 Å². The van der Waals surface area contributed by atoms with E-state index < -0.39 is 5.92 Å². The molecule has 1 aliphatic rings. The number of nitrogens with zero attached hydrogens (tertiary/aromatic N) is 5. The highest BCUT2D eigenvalue weighted by Gasteiger charge is 2.35. The van der Waals surface area contributed by atoms with E-state index in [0.717, 1.165) is 28.2 Å². The van der Waals surface area contributed by atoms with Crippen molar-refractivity contribution in [2.45, 2.75) is 41.0 Å². The van der Waals surface area contributed by atoms with Gasteiger partial charge in [0, 0.05) is 36.1 Å². The van der Waals surface area contributed by atoms with Crippen LogP contribution in [0.2, 0.25) is 0 Å². The average molecular weight is 511 g/mol. The minimum Gasteiger partial charge on any atom is -0.438 e. The van der Waals surface area contributed by atoms with Crippen molar-refractivity contribution in [2.75, 3.05) is 16.8 Å². The minimum absolute atomic E-state index is 0.0442. The Balaban J connectivity index is 1.19. The van der Waals surface area contributed by atoms with E-state index in [9.17, 15) is 9.59 Å². The Bertz CT molecular complexity index is 1510. The highest BCUT2D eigenvalue weighted by molar-refractivity contribution is 6.03. The zero-order chi connectivity index (χ0) is 27.0. The molecule has 9 nitrogen and oxygen atoms in total. The first kappa shape index (κ1) is 25.1. The number of hydrogen-bond donors (Lipinski definition) is 1. The molecule has 1 unspecified atom stereocenters. The van der Waals surface area contributed by atoms with Crippen LogP contribution >= 0.6 is 0 Å². The predicted octanol–water partition coefficient (Wildman–Crippen LogP) is 4.99. The second-order valence-corrected chi connectivity index (χ2v) is 9.73. The highest BCUT2D eigenvalue weighted by Crippen LogP contribution is 2.28. The van der Waals surface area contributed by atoms with Gasteiger partial charge in [0.05, 0.1) is 11.6 Å². The Hall–Kier alpha value is -4.53. The van der Waals surface area contributed by atoms with E-state index in [0.29, 0.717) is 29.7 Å². The van der Waals surface area contributed by atoms with Crippen molar-refractivity contribution in [2.24, 2.45) is 5.92 Å². The topological polar surface area (TPSA) is 102 Å². The SMILES string of the molecule is Cc1ccc(N2CC(C(=O)Nc3ccc(Oc4ccc(-n5nc(C)c(C)c5C)nn4)cc3)CC2=O)cc1C. The first-order valence-electron chi connectivity index (χ1n) is 12.5. The fourth-order valence-electron chi connectivity index (χ4n) is 4.42. The van der Waals surface area contributed by atoms with Gasteiger partial charge in [-0.05, 0) is 93.8 Å². The molecule has 4 aromatic rings. The molecule has 1 fully saturated rings. The summed E-state index contributed by atoms with van der Waals surface area (Å²) in [5.74, 6) is 0.880. The minimum atomic E-state index is -0.417. The van der Waals surface area contributed by atoms with Crippen molar-refractivity contribution in [1.82, 2.24) is 20.0 Å². The van der Waals surface area contributed by atoms with Gasteiger partial charge in [0.15, 0.2) is 5.82 Å². The van der Waals surface area contributed by atoms with Crippen LogP contribution in [-0.2, 0) is 9.59 Å². The molecule has 2 amide bonds. The molecule has 5 rings (SSSR count). The maximum absolute atomic E-state index is 12.9. The third-order valence-electron chi connectivity index (χ3n) is 7.14. The van der Waals surface area contributed by atoms with Crippen LogP contribution in [0.1, 0.15) is 34.5 Å². The lowest BCUT2D eigenvalue weighted by molar-refractivity contribution is -0.122. The third kappa shape index (κ3) is 5.00. The summed E-state index contributed by atoms with van der Waals surface area (Å²) >= 11 is 0. The zero-order valence-corrected chi connectivity index (χ0v) is 22.1. The van der Waals surface area contributed by atoms with Crippen LogP contribution in [0, 0.1) is 40.5 Å². The van der Waals surface area contributed by atoms with Gasteiger partial charge in [-0.3, -0.25) is 9.59 Å². The molecular weight excluding hydrogens is 480 g/mol. The van der Waals surface area contributed by atoms with Gasteiger partial charge in [-0.1, -0.05) is 6.07 Å². The Labute approximate surface area is 221 Å². The average Bonchev–Trinajstić information content (AvgIpc) is 3.42. The zero-order valence-electron chi connectivity index (χ0n) is 22.1. The summed E-state index contributed by atoms with van der Waals surface area (Å²) in [7, 11) is 0. The molecule has 0 bridgehead atoms. The number of amides is 2. The van der Waals surface area contributed by atoms with Crippen molar-refractivity contribution < 1.29 is 14.3 Å². The number of anilines is 2. The summed E-state index contributed by atoms with van der Waals surface area (Å²) in [6.45, 7) is 10.4. The number of benzene rings is 2. The lowest BCUT2D eigenvalue weighted by atomic mass is 10.1. The van der Waals surface area contributed by atoms with E-state index in [1.165, 1.54) is 5.56 Å². The van der Waals surface area contributed by atoms with Crippen molar-refractivity contribution in [1.29, 1.82) is 0 Å². The van der Waals surface area contributed by atoms with Crippen LogP contribution in [0.15, 0.2) is 54.6 Å². The molecule has 3 heterocycles. The molecule has 2 aromatic carbocycles. The number of aromatic nitrogens is 4. The summed E-state index contributed by atoms with van der Waals surface area (Å²) in [5, 5.41) is 15.8. The standard InChI is InChI=1S/C29H30N6O3/c1-17-6-9-24(14-18(17)2)34-16-22(15-28(34)36)29(37)30-23-7-10-25(11-8-23)38-27-13-12-26(31-32-27)35-21(5)19(3)20(4)33-35/h6-14,22H,15-16H2,1-5H3,(H,30,37). The molecule has 0 saturated carbocycles. The van der Waals surface area contributed by atoms with Gasteiger partial charge in [0.2, 0.25) is 17.7 Å². The summed E-state index contributed by atoms with van der Waals surface area (Å²) in [6, 6.07) is 16.5. The summed E-state index contributed by atoms with van der Waals surface area (Å²) in [5.41, 5.74) is 6.83. The molecule has 38 heavy (non-hydrogen) atoms. The summed E-state index contributed by atoms with van der Waals surface area (Å²) in [4.78, 5) is 27.2. The van der Waals surface area contributed by atoms with Crippen molar-refractivity contribution in [3.63, 3.8) is 0 Å². The summed E-state index contributed by atoms with van der Waals surface area (Å²) < 4.78 is 7.58. The number of carbonyl (C=O) groups is 2. The quantitative estimate of drug-likeness (QED) is 0.392. The van der Waals surface area contributed by atoms with Crippen molar-refractivity contribution >= 4 is 23.2 Å². The maximum atomic E-state index is 12.9. The van der Waals surface area contributed by atoms with E-state index in [1.807, 2.05) is 52.8 Å². The van der Waals surface area contributed by atoms with Gasteiger partial charge in [0.1, 0.15) is 5.75 Å². The number of aryl methyl sites for hydroxylation is 3. The predicted molar refractivity (Wildman–Crippen MR) is 145 cm³/mol. The second kappa shape index (κ2) is 10.1. The smallest absolute Gasteiger partial charge is 0.238 e. The Morgan fingerprint density at radius 3 is 2.34 bits per heavy atom. The fourth-order valence-corrected chi connectivity index (χ4v) is 4.42. The van der Waals surface area contributed by atoms with Gasteiger partial charge < -0.3 is 15.0 Å². The third-order valence-corrected chi connectivity index (χ3v) is 7.14. The van der Waals surface area contributed by atoms with Crippen LogP contribution in [-0.4, -0.2) is 38.3 Å². The second-order valence-electron chi connectivity index (χ2n) is 9.73. The monoisotopic (exact) mass is 510 g/mol. The molecule has 0 aliphatic carbocycles. The molecule has 1 saturated heterocycles. The normalized spacial score (nSPS) is 15.1. The molecular formula is C29H30N6O3. The lowest BCUT2D eigenvalue weighted by Gasteiger charge is -2.18. The molecule has 0 radical (unpaired) electrons. The Morgan fingerprint density at radius 1 is 0.947 bits per heavy atom. The first-order valence-corrected chi connectivity index (χ1v) is 12.5. The largest absolute Gasteiger partial charge is 0.438 e. The van der Waals surface area contributed by atoms with Crippen LogP contribution in [0.25, 0.3) is 5.82 Å². The van der Waals surface area contributed by atoms with Crippen LogP contribution < -0.4 is 15.0 Å². The lowest BCUT2D eigenvalue weighted by Crippen LogP contribution is -2.28. The van der Waals surface area contributed by atoms with E-state index in [-0.39, 0.29) is 18.2 Å². The van der Waals surface area contributed by atoms with Crippen LogP contribution in [0.4, 0.5) is 11.4 Å². The van der Waals surface area contributed by atoms with Crippen molar-refractivity contribution in [3.8, 4) is 17.4 Å². The Morgan fingerprint density at radius 2 is 1.71 bits per heavy atom. The van der Waals surface area contributed by atoms with Gasteiger partial charge in [-0.25, -0.2) is 4.68 Å². The van der Waals surface area contributed by atoms with Gasteiger partial charge in [-0.2, -0.15) is 5.10 Å². The van der Waals surface area contributed by atoms with Crippen LogP contribution in [0.3, 0.4) is 0 Å². The first-order chi connectivity index (χ1) is 18.2. The van der Waals surface area contributed by atoms with E-state index in [2.05, 4.69) is 20.6 Å². The van der Waals surface area contributed by atoms with E-state index in [4.69, 9.17) is 4.74 Å². The number of rotatable bonds is 6. The fraction of sp³-hybridized carbons (Fsp3) is 0.276. The highest BCUT2D eigenvalue weighted by atomic mass is 16.5. The van der Waals surface area contributed by atoms with E-state index in [1.54, 1.807) is 46.0 Å². The molecule has 0 spiro atoms. The van der Waals surface area contributed by atoms with Gasteiger partial charge in [0.25, 0.3) is 0 Å². The number of carbonyl (C=O) groups excluding carboxylic acids is 2. The molecule has 194 valence electrons. The molecule has 2 aromatic heterocycles. The Kier molecular flexibility index (Phi) is 6.67. The molecule has 1 N–H and O–H groups in total. The number of ether oxygens (including phenoxy) is 1. The number of hydrogen-bond acceptors (Lipinski definition) is 6. The van der Waals surface area contributed by atoms with Crippen molar-refractivity contribution in [3.05, 3.63) is 82.7 Å². The molecule has 1 aliphatic heterocycles.